The number of hydrogen-bond donors (Lipinski definition) is 0. The zero-order valence-corrected chi connectivity index (χ0v) is 13.3. The first kappa shape index (κ1) is 15.2. The van der Waals surface area contributed by atoms with E-state index in [2.05, 4.69) is 4.98 Å². The maximum absolute atomic E-state index is 11.9. The summed E-state index contributed by atoms with van der Waals surface area (Å²) < 4.78 is 22.7. The molecule has 0 aliphatic carbocycles. The number of hydrogen-bond acceptors (Lipinski definition) is 4. The quantitative estimate of drug-likeness (QED) is 0.799. The van der Waals surface area contributed by atoms with Gasteiger partial charge < -0.3 is 4.90 Å². The Hall–Kier alpha value is -1.66. The van der Waals surface area contributed by atoms with Crippen LogP contribution in [0.25, 0.3) is 10.9 Å². The van der Waals surface area contributed by atoms with Crippen LogP contribution in [0, 0.1) is 0 Å². The second-order valence-corrected chi connectivity index (χ2v) is 8.29. The van der Waals surface area contributed by atoms with Gasteiger partial charge >= 0.3 is 0 Å². The van der Waals surface area contributed by atoms with Crippen LogP contribution in [0.2, 0.25) is 0 Å². The zero-order chi connectivity index (χ0) is 15.7. The summed E-state index contributed by atoms with van der Waals surface area (Å²) in [5.41, 5.74) is 2.00. The van der Waals surface area contributed by atoms with Crippen molar-refractivity contribution in [1.29, 1.82) is 0 Å². The van der Waals surface area contributed by atoms with Gasteiger partial charge in [0.2, 0.25) is 15.0 Å². The van der Waals surface area contributed by atoms with Crippen molar-refractivity contribution < 1.29 is 13.2 Å². The summed E-state index contributed by atoms with van der Waals surface area (Å²) in [7, 11) is 1.66. The minimum Gasteiger partial charge on any atom is -0.341 e. The molecule has 1 atom stereocenters. The van der Waals surface area contributed by atoms with E-state index in [1.807, 2.05) is 30.3 Å². The molecule has 116 valence electrons. The number of likely N-dealkylation sites (tertiary alicyclic amines) is 1. The molecule has 1 fully saturated rings. The molecule has 7 heteroatoms. The minimum atomic E-state index is -3.69. The van der Waals surface area contributed by atoms with E-state index < -0.39 is 14.3 Å². The fourth-order valence-electron chi connectivity index (χ4n) is 2.77. The highest BCUT2D eigenvalue weighted by Gasteiger charge is 2.36. The number of fused-ring (bicyclic) bond motifs is 1. The van der Waals surface area contributed by atoms with Crippen molar-refractivity contribution in [2.24, 2.45) is 0 Å². The lowest BCUT2D eigenvalue weighted by Crippen LogP contribution is -2.29. The second kappa shape index (κ2) is 5.85. The predicted molar refractivity (Wildman–Crippen MR) is 85.2 cm³/mol. The number of nitrogens with zero attached hydrogens (tertiary/aromatic N) is 2. The van der Waals surface area contributed by atoms with Crippen molar-refractivity contribution in [3.8, 4) is 0 Å². The first-order chi connectivity index (χ1) is 10.4. The van der Waals surface area contributed by atoms with Gasteiger partial charge in [-0.25, -0.2) is 8.42 Å². The molecule has 0 radical (unpaired) electrons. The molecule has 0 saturated carbocycles. The monoisotopic (exact) mass is 338 g/mol. The first-order valence-electron chi connectivity index (χ1n) is 6.99. The number of rotatable bonds is 4. The standard InChI is InChI=1S/C15H15ClN2O3S/c16-22(20,21)12-9-15(19)18(10-12)8-6-11-5-7-17-14-4-2-1-3-13(11)14/h1-5,7,12H,6,8-10H2. The van der Waals surface area contributed by atoms with Crippen molar-refractivity contribution in [2.45, 2.75) is 18.1 Å². The molecule has 1 aromatic heterocycles. The first-order valence-corrected chi connectivity index (χ1v) is 9.36. The lowest BCUT2D eigenvalue weighted by Gasteiger charge is -2.16. The molecular weight excluding hydrogens is 324 g/mol. The maximum Gasteiger partial charge on any atom is 0.237 e. The Balaban J connectivity index is 1.74. The molecular formula is C15H15ClN2O3S. The van der Waals surface area contributed by atoms with Crippen molar-refractivity contribution in [3.05, 3.63) is 42.1 Å². The van der Waals surface area contributed by atoms with Gasteiger partial charge in [0.1, 0.15) is 5.25 Å². The highest BCUT2D eigenvalue weighted by atomic mass is 35.7. The maximum atomic E-state index is 11.9. The third kappa shape index (κ3) is 3.08. The van der Waals surface area contributed by atoms with Gasteiger partial charge in [0.15, 0.2) is 0 Å². The highest BCUT2D eigenvalue weighted by Crippen LogP contribution is 2.22. The molecule has 2 aromatic rings. The van der Waals surface area contributed by atoms with Gasteiger partial charge in [-0.2, -0.15) is 0 Å². The van der Waals surface area contributed by atoms with E-state index in [0.717, 1.165) is 16.5 Å². The molecule has 2 heterocycles. The number of pyridine rings is 1. The molecule has 3 rings (SSSR count). The summed E-state index contributed by atoms with van der Waals surface area (Å²) in [6, 6.07) is 9.74. The minimum absolute atomic E-state index is 0.0249. The van der Waals surface area contributed by atoms with E-state index in [4.69, 9.17) is 10.7 Å². The Labute approximate surface area is 133 Å². The smallest absolute Gasteiger partial charge is 0.237 e. The summed E-state index contributed by atoms with van der Waals surface area (Å²) in [6.07, 6.45) is 2.38. The molecule has 0 N–H and O–H groups in total. The van der Waals surface area contributed by atoms with Crippen LogP contribution in [0.4, 0.5) is 0 Å². The van der Waals surface area contributed by atoms with Crippen LogP contribution in [0.15, 0.2) is 36.5 Å². The summed E-state index contributed by atoms with van der Waals surface area (Å²) in [5, 5.41) is 0.258. The number of aromatic nitrogens is 1. The summed E-state index contributed by atoms with van der Waals surface area (Å²) in [4.78, 5) is 17.8. The lowest BCUT2D eigenvalue weighted by atomic mass is 10.1. The van der Waals surface area contributed by atoms with E-state index in [0.29, 0.717) is 13.0 Å². The number of benzene rings is 1. The molecule has 1 aliphatic heterocycles. The van der Waals surface area contributed by atoms with Gasteiger partial charge in [0, 0.05) is 41.8 Å². The number of amides is 1. The lowest BCUT2D eigenvalue weighted by molar-refractivity contribution is -0.127. The Morgan fingerprint density at radius 1 is 1.27 bits per heavy atom. The highest BCUT2D eigenvalue weighted by molar-refractivity contribution is 8.14. The summed E-state index contributed by atoms with van der Waals surface area (Å²) >= 11 is 0. The third-order valence-electron chi connectivity index (χ3n) is 3.97. The van der Waals surface area contributed by atoms with Crippen molar-refractivity contribution >= 4 is 36.5 Å². The molecule has 1 amide bonds. The van der Waals surface area contributed by atoms with Crippen molar-refractivity contribution in [1.82, 2.24) is 9.88 Å². The molecule has 1 saturated heterocycles. The average Bonchev–Trinajstić information content (AvgIpc) is 2.86. The Morgan fingerprint density at radius 3 is 2.77 bits per heavy atom. The van der Waals surface area contributed by atoms with E-state index in [1.54, 1.807) is 11.1 Å². The molecule has 1 aliphatic rings. The van der Waals surface area contributed by atoms with Gasteiger partial charge in [0.25, 0.3) is 0 Å². The van der Waals surface area contributed by atoms with Crippen LogP contribution in [0.3, 0.4) is 0 Å². The van der Waals surface area contributed by atoms with Crippen LogP contribution < -0.4 is 0 Å². The number of para-hydroxylation sites is 1. The third-order valence-corrected chi connectivity index (χ3v) is 5.84. The average molecular weight is 339 g/mol. The van der Waals surface area contributed by atoms with Crippen LogP contribution >= 0.6 is 10.7 Å². The van der Waals surface area contributed by atoms with E-state index in [9.17, 15) is 13.2 Å². The largest absolute Gasteiger partial charge is 0.341 e. The van der Waals surface area contributed by atoms with Gasteiger partial charge in [-0.3, -0.25) is 9.78 Å². The van der Waals surface area contributed by atoms with Crippen LogP contribution in [-0.4, -0.2) is 42.5 Å². The van der Waals surface area contributed by atoms with Gasteiger partial charge in [-0.1, -0.05) is 18.2 Å². The van der Waals surface area contributed by atoms with Crippen LogP contribution in [0.1, 0.15) is 12.0 Å². The second-order valence-electron chi connectivity index (χ2n) is 5.38. The van der Waals surface area contributed by atoms with Crippen molar-refractivity contribution in [3.63, 3.8) is 0 Å². The molecule has 0 spiro atoms. The number of carbonyl (C=O) groups excluding carboxylic acids is 1. The van der Waals surface area contributed by atoms with Crippen molar-refractivity contribution in [2.75, 3.05) is 13.1 Å². The molecule has 1 unspecified atom stereocenters. The Bertz CT molecular complexity index is 817. The zero-order valence-electron chi connectivity index (χ0n) is 11.8. The number of halogens is 1. The SMILES string of the molecule is O=C1CC(S(=O)(=O)Cl)CN1CCc1ccnc2ccccc12. The van der Waals surface area contributed by atoms with Gasteiger partial charge in [-0.05, 0) is 24.1 Å². The van der Waals surface area contributed by atoms with E-state index in [-0.39, 0.29) is 18.9 Å². The fraction of sp³-hybridized carbons (Fsp3) is 0.333. The summed E-state index contributed by atoms with van der Waals surface area (Å²) in [6.45, 7) is 0.656. The van der Waals surface area contributed by atoms with E-state index in [1.165, 1.54) is 0 Å². The van der Waals surface area contributed by atoms with Gasteiger partial charge in [-0.15, -0.1) is 0 Å². The van der Waals surface area contributed by atoms with Crippen LogP contribution in [0.5, 0.6) is 0 Å². The molecule has 22 heavy (non-hydrogen) atoms. The van der Waals surface area contributed by atoms with Gasteiger partial charge in [0.05, 0.1) is 5.52 Å². The fourth-order valence-corrected chi connectivity index (χ4v) is 3.83. The normalized spacial score (nSPS) is 19.0. The van der Waals surface area contributed by atoms with E-state index >= 15 is 0 Å². The molecule has 1 aromatic carbocycles. The topological polar surface area (TPSA) is 67.3 Å². The molecule has 5 nitrogen and oxygen atoms in total. The molecule has 0 bridgehead atoms. The predicted octanol–water partition coefficient (Wildman–Crippen LogP) is 1.95. The number of carbonyl (C=O) groups is 1. The van der Waals surface area contributed by atoms with Crippen LogP contribution in [-0.2, 0) is 20.3 Å². The Kier molecular flexibility index (Phi) is 4.06. The summed E-state index contributed by atoms with van der Waals surface area (Å²) in [5.74, 6) is -0.160. The Morgan fingerprint density at radius 2 is 2.05 bits per heavy atom.